The third-order valence-electron chi connectivity index (χ3n) is 1.94. The van der Waals surface area contributed by atoms with Gasteiger partial charge >= 0.3 is 0 Å². The van der Waals surface area contributed by atoms with Crippen molar-refractivity contribution in [3.05, 3.63) is 35.4 Å². The Morgan fingerprint density at radius 3 is 2.93 bits per heavy atom. The number of aryl methyl sites for hydroxylation is 1. The van der Waals surface area contributed by atoms with E-state index in [4.69, 9.17) is 5.21 Å². The monoisotopic (exact) mass is 204 g/mol. The maximum absolute atomic E-state index is 10.7. The second-order valence-electron chi connectivity index (χ2n) is 3.01. The van der Waals surface area contributed by atoms with Crippen LogP contribution in [0, 0.1) is 6.92 Å². The average molecular weight is 204 g/mol. The van der Waals surface area contributed by atoms with Gasteiger partial charge in [0.2, 0.25) is 0 Å². The molecule has 1 rings (SSSR count). The summed E-state index contributed by atoms with van der Waals surface area (Å²) in [6.45, 7) is 5.38. The highest BCUT2D eigenvalue weighted by atomic mass is 16.5. The number of hydroxylamine groups is 1. The van der Waals surface area contributed by atoms with Crippen LogP contribution in [0.5, 0.6) is 0 Å². The predicted molar refractivity (Wildman–Crippen MR) is 59.4 cm³/mol. The Morgan fingerprint density at radius 1 is 1.60 bits per heavy atom. The summed E-state index contributed by atoms with van der Waals surface area (Å²) in [5.74, 6) is -0.566. The maximum atomic E-state index is 10.7. The molecule has 0 unspecified atom stereocenters. The van der Waals surface area contributed by atoms with Crippen molar-refractivity contribution in [2.24, 2.45) is 4.99 Å². The minimum Gasteiger partial charge on any atom is -0.288 e. The standard InChI is InChI=1S/C11H12N2O2/c1-8-3-4-9(7-10(8)12-2)5-6-11(14)13-15/h3-7,15H,2H2,1H3,(H,13,14)/b6-5+. The molecule has 1 amide bonds. The second-order valence-corrected chi connectivity index (χ2v) is 3.01. The Kier molecular flexibility index (Phi) is 3.76. The van der Waals surface area contributed by atoms with Gasteiger partial charge in [0.15, 0.2) is 0 Å². The molecule has 0 saturated heterocycles. The van der Waals surface area contributed by atoms with Crippen LogP contribution in [0.2, 0.25) is 0 Å². The zero-order valence-electron chi connectivity index (χ0n) is 8.40. The molecule has 1 aromatic rings. The topological polar surface area (TPSA) is 61.7 Å². The molecular weight excluding hydrogens is 192 g/mol. The van der Waals surface area contributed by atoms with E-state index in [1.807, 2.05) is 25.1 Å². The van der Waals surface area contributed by atoms with Gasteiger partial charge in [0, 0.05) is 6.08 Å². The molecule has 0 fully saturated rings. The zero-order valence-corrected chi connectivity index (χ0v) is 8.40. The Hall–Kier alpha value is -1.94. The molecule has 0 radical (unpaired) electrons. The summed E-state index contributed by atoms with van der Waals surface area (Å²) in [5.41, 5.74) is 4.14. The Labute approximate surface area is 87.9 Å². The molecule has 2 N–H and O–H groups in total. The van der Waals surface area contributed by atoms with Gasteiger partial charge in [-0.3, -0.25) is 15.0 Å². The van der Waals surface area contributed by atoms with Crippen LogP contribution in [0.15, 0.2) is 29.3 Å². The van der Waals surface area contributed by atoms with Gasteiger partial charge < -0.3 is 0 Å². The van der Waals surface area contributed by atoms with Crippen molar-refractivity contribution in [1.82, 2.24) is 5.48 Å². The molecule has 0 saturated carbocycles. The number of hydrogen-bond acceptors (Lipinski definition) is 3. The van der Waals surface area contributed by atoms with E-state index in [1.54, 1.807) is 6.08 Å². The number of aliphatic imine (C=N–C) groups is 1. The fraction of sp³-hybridized carbons (Fsp3) is 0.0909. The fourth-order valence-corrected chi connectivity index (χ4v) is 1.11. The van der Waals surface area contributed by atoms with E-state index in [2.05, 4.69) is 11.7 Å². The zero-order chi connectivity index (χ0) is 11.3. The van der Waals surface area contributed by atoms with E-state index in [1.165, 1.54) is 11.6 Å². The summed E-state index contributed by atoms with van der Waals surface area (Å²) in [6, 6.07) is 5.55. The van der Waals surface area contributed by atoms with Gasteiger partial charge in [0.05, 0.1) is 5.69 Å². The van der Waals surface area contributed by atoms with Gasteiger partial charge in [0.25, 0.3) is 5.91 Å². The first-order valence-electron chi connectivity index (χ1n) is 4.37. The third kappa shape index (κ3) is 3.03. The molecule has 0 heterocycles. The summed E-state index contributed by atoms with van der Waals surface area (Å²) < 4.78 is 0. The van der Waals surface area contributed by atoms with Crippen LogP contribution >= 0.6 is 0 Å². The molecule has 0 aliphatic heterocycles. The number of nitrogens with zero attached hydrogens (tertiary/aromatic N) is 1. The molecular formula is C11H12N2O2. The predicted octanol–water partition coefficient (Wildman–Crippen LogP) is 1.85. The molecule has 1 aromatic carbocycles. The van der Waals surface area contributed by atoms with E-state index in [0.717, 1.165) is 16.8 Å². The first kappa shape index (κ1) is 11.1. The minimum absolute atomic E-state index is 0.566. The Balaban J connectivity index is 2.92. The molecule has 15 heavy (non-hydrogen) atoms. The average Bonchev–Trinajstić information content (AvgIpc) is 2.27. The molecule has 0 aliphatic rings. The number of carbonyl (C=O) groups is 1. The minimum atomic E-state index is -0.566. The third-order valence-corrected chi connectivity index (χ3v) is 1.94. The summed E-state index contributed by atoms with van der Waals surface area (Å²) in [6.07, 6.45) is 2.82. The van der Waals surface area contributed by atoms with Crippen molar-refractivity contribution < 1.29 is 10.0 Å². The van der Waals surface area contributed by atoms with Crippen molar-refractivity contribution in [2.75, 3.05) is 0 Å². The molecule has 4 heteroatoms. The highest BCUT2D eigenvalue weighted by molar-refractivity contribution is 5.90. The lowest BCUT2D eigenvalue weighted by molar-refractivity contribution is -0.124. The van der Waals surface area contributed by atoms with Crippen molar-refractivity contribution in [3.63, 3.8) is 0 Å². The van der Waals surface area contributed by atoms with Gasteiger partial charge in [-0.2, -0.15) is 0 Å². The first-order chi connectivity index (χ1) is 7.17. The van der Waals surface area contributed by atoms with Crippen molar-refractivity contribution >= 4 is 24.4 Å². The van der Waals surface area contributed by atoms with Crippen molar-refractivity contribution in [3.8, 4) is 0 Å². The number of amides is 1. The summed E-state index contributed by atoms with van der Waals surface area (Å²) in [4.78, 5) is 14.6. The quantitative estimate of drug-likeness (QED) is 0.341. The van der Waals surface area contributed by atoms with Gasteiger partial charge in [0.1, 0.15) is 0 Å². The van der Waals surface area contributed by atoms with E-state index in [9.17, 15) is 4.79 Å². The van der Waals surface area contributed by atoms with Crippen molar-refractivity contribution in [1.29, 1.82) is 0 Å². The highest BCUT2D eigenvalue weighted by Gasteiger charge is 1.96. The summed E-state index contributed by atoms with van der Waals surface area (Å²) in [5, 5.41) is 8.28. The second kappa shape index (κ2) is 5.07. The Bertz CT molecular complexity index is 411. The van der Waals surface area contributed by atoms with Crippen LogP contribution in [0.25, 0.3) is 6.08 Å². The number of nitrogens with one attached hydrogen (secondary N) is 1. The number of hydrogen-bond donors (Lipinski definition) is 2. The first-order valence-corrected chi connectivity index (χ1v) is 4.37. The van der Waals surface area contributed by atoms with Crippen LogP contribution in [0.3, 0.4) is 0 Å². The fourth-order valence-electron chi connectivity index (χ4n) is 1.11. The van der Waals surface area contributed by atoms with E-state index in [0.29, 0.717) is 0 Å². The van der Waals surface area contributed by atoms with Crippen molar-refractivity contribution in [2.45, 2.75) is 6.92 Å². The van der Waals surface area contributed by atoms with Gasteiger partial charge in [-0.15, -0.1) is 0 Å². The van der Waals surface area contributed by atoms with Crippen LogP contribution in [0.1, 0.15) is 11.1 Å². The lowest BCUT2D eigenvalue weighted by atomic mass is 10.1. The van der Waals surface area contributed by atoms with Gasteiger partial charge in [-0.1, -0.05) is 12.1 Å². The lowest BCUT2D eigenvalue weighted by Gasteiger charge is -2.00. The molecule has 0 aliphatic carbocycles. The molecule has 0 aromatic heterocycles. The lowest BCUT2D eigenvalue weighted by Crippen LogP contribution is -2.14. The van der Waals surface area contributed by atoms with Crippen LogP contribution in [-0.4, -0.2) is 17.8 Å². The van der Waals surface area contributed by atoms with E-state index < -0.39 is 5.91 Å². The smallest absolute Gasteiger partial charge is 0.267 e. The van der Waals surface area contributed by atoms with E-state index >= 15 is 0 Å². The molecule has 4 nitrogen and oxygen atoms in total. The Morgan fingerprint density at radius 2 is 2.33 bits per heavy atom. The molecule has 0 atom stereocenters. The van der Waals surface area contributed by atoms with E-state index in [-0.39, 0.29) is 0 Å². The molecule has 0 bridgehead atoms. The molecule has 0 spiro atoms. The largest absolute Gasteiger partial charge is 0.288 e. The van der Waals surface area contributed by atoms with Gasteiger partial charge in [-0.05, 0) is 36.9 Å². The number of carbonyl (C=O) groups excluding carboxylic acids is 1. The maximum Gasteiger partial charge on any atom is 0.267 e. The van der Waals surface area contributed by atoms with Gasteiger partial charge in [-0.25, -0.2) is 5.48 Å². The molecule has 78 valence electrons. The van der Waals surface area contributed by atoms with Crippen LogP contribution in [-0.2, 0) is 4.79 Å². The number of rotatable bonds is 3. The summed E-state index contributed by atoms with van der Waals surface area (Å²) in [7, 11) is 0. The normalized spacial score (nSPS) is 10.3. The number of benzene rings is 1. The summed E-state index contributed by atoms with van der Waals surface area (Å²) >= 11 is 0. The van der Waals surface area contributed by atoms with Crippen LogP contribution in [0.4, 0.5) is 5.69 Å². The highest BCUT2D eigenvalue weighted by Crippen LogP contribution is 2.19. The van der Waals surface area contributed by atoms with Crippen LogP contribution < -0.4 is 5.48 Å². The SMILES string of the molecule is C=Nc1cc(/C=C/C(=O)NO)ccc1C.